The molecule has 6 heteroatoms. The molecule has 1 aromatic rings. The molecule has 6 nitrogen and oxygen atoms in total. The zero-order chi connectivity index (χ0) is 16.0. The number of carbonyl (C=O) groups is 2. The minimum Gasteiger partial charge on any atom is -0.368 e. The zero-order valence-electron chi connectivity index (χ0n) is 13.1. The Kier molecular flexibility index (Phi) is 5.46. The highest BCUT2D eigenvalue weighted by Gasteiger charge is 2.38. The minimum absolute atomic E-state index is 0.301. The number of nitrogens with zero attached hydrogens (tertiary/aromatic N) is 2. The molecule has 1 aromatic heterocycles. The summed E-state index contributed by atoms with van der Waals surface area (Å²) in [6.07, 6.45) is 9.69. The van der Waals surface area contributed by atoms with Crippen molar-refractivity contribution in [3.8, 4) is 0 Å². The van der Waals surface area contributed by atoms with Crippen LogP contribution in [-0.4, -0.2) is 27.3 Å². The Morgan fingerprint density at radius 1 is 1.27 bits per heavy atom. The standard InChI is InChI=1S/C16H24N4O2/c1-2-7-13-12(10-18-11-19-13)14(21)20-16(15(17)22)8-5-3-4-6-9-16/h10-11H,2-9H2,1H3,(H2,17,22)(H,20,21). The van der Waals surface area contributed by atoms with E-state index < -0.39 is 11.4 Å². The minimum atomic E-state index is -0.938. The first-order valence-corrected chi connectivity index (χ1v) is 8.00. The van der Waals surface area contributed by atoms with Gasteiger partial charge in [0.25, 0.3) is 5.91 Å². The fourth-order valence-electron chi connectivity index (χ4n) is 3.03. The summed E-state index contributed by atoms with van der Waals surface area (Å²) in [7, 11) is 0. The predicted molar refractivity (Wildman–Crippen MR) is 83.1 cm³/mol. The molecule has 1 aliphatic carbocycles. The van der Waals surface area contributed by atoms with E-state index in [9.17, 15) is 9.59 Å². The largest absolute Gasteiger partial charge is 0.368 e. The monoisotopic (exact) mass is 304 g/mol. The number of amides is 2. The van der Waals surface area contributed by atoms with E-state index in [-0.39, 0.29) is 5.91 Å². The average molecular weight is 304 g/mol. The van der Waals surface area contributed by atoms with Gasteiger partial charge in [0, 0.05) is 6.20 Å². The van der Waals surface area contributed by atoms with Gasteiger partial charge in [0.2, 0.25) is 5.91 Å². The quantitative estimate of drug-likeness (QED) is 0.809. The summed E-state index contributed by atoms with van der Waals surface area (Å²) in [5.41, 5.74) is 5.82. The van der Waals surface area contributed by atoms with Crippen molar-refractivity contribution < 1.29 is 9.59 Å². The lowest BCUT2D eigenvalue weighted by atomic mass is 9.89. The van der Waals surface area contributed by atoms with Crippen molar-refractivity contribution in [3.63, 3.8) is 0 Å². The molecule has 3 N–H and O–H groups in total. The van der Waals surface area contributed by atoms with E-state index in [1.165, 1.54) is 12.5 Å². The van der Waals surface area contributed by atoms with Gasteiger partial charge < -0.3 is 11.1 Å². The first-order chi connectivity index (χ1) is 10.6. The van der Waals surface area contributed by atoms with Crippen LogP contribution in [-0.2, 0) is 11.2 Å². The third kappa shape index (κ3) is 3.61. The maximum absolute atomic E-state index is 12.6. The van der Waals surface area contributed by atoms with Crippen molar-refractivity contribution in [2.24, 2.45) is 5.73 Å². The molecule has 2 rings (SSSR count). The number of nitrogens with one attached hydrogen (secondary N) is 1. The summed E-state index contributed by atoms with van der Waals surface area (Å²) in [4.78, 5) is 32.7. The highest BCUT2D eigenvalue weighted by Crippen LogP contribution is 2.27. The molecule has 0 aliphatic heterocycles. The first-order valence-electron chi connectivity index (χ1n) is 8.00. The lowest BCUT2D eigenvalue weighted by Crippen LogP contribution is -2.57. The van der Waals surface area contributed by atoms with E-state index in [1.807, 2.05) is 6.92 Å². The maximum atomic E-state index is 12.6. The maximum Gasteiger partial charge on any atom is 0.255 e. The molecule has 0 bridgehead atoms. The molecule has 0 unspecified atom stereocenters. The topological polar surface area (TPSA) is 98.0 Å². The summed E-state index contributed by atoms with van der Waals surface area (Å²) < 4.78 is 0. The third-order valence-corrected chi connectivity index (χ3v) is 4.31. The Morgan fingerprint density at radius 3 is 2.55 bits per heavy atom. The molecule has 0 aromatic carbocycles. The van der Waals surface area contributed by atoms with Gasteiger partial charge in [-0.05, 0) is 19.3 Å². The van der Waals surface area contributed by atoms with Gasteiger partial charge in [0.1, 0.15) is 11.9 Å². The summed E-state index contributed by atoms with van der Waals surface area (Å²) >= 11 is 0. The number of rotatable bonds is 5. The molecule has 0 atom stereocenters. The SMILES string of the molecule is CCCc1ncncc1C(=O)NC1(C(N)=O)CCCCCC1. The smallest absolute Gasteiger partial charge is 0.255 e. The predicted octanol–water partition coefficient (Wildman–Crippen LogP) is 1.74. The van der Waals surface area contributed by atoms with Crippen LogP contribution >= 0.6 is 0 Å². The van der Waals surface area contributed by atoms with Crippen molar-refractivity contribution in [2.45, 2.75) is 63.8 Å². The Bertz CT molecular complexity index is 537. The van der Waals surface area contributed by atoms with Gasteiger partial charge >= 0.3 is 0 Å². The van der Waals surface area contributed by atoms with Crippen molar-refractivity contribution in [3.05, 3.63) is 23.8 Å². The van der Waals surface area contributed by atoms with Gasteiger partial charge in [-0.3, -0.25) is 9.59 Å². The van der Waals surface area contributed by atoms with Gasteiger partial charge in [-0.25, -0.2) is 9.97 Å². The van der Waals surface area contributed by atoms with Crippen LogP contribution in [0.25, 0.3) is 0 Å². The molecular weight excluding hydrogens is 280 g/mol. The van der Waals surface area contributed by atoms with E-state index in [1.54, 1.807) is 0 Å². The molecule has 0 saturated heterocycles. The number of hydrogen-bond acceptors (Lipinski definition) is 4. The second-order valence-corrected chi connectivity index (χ2v) is 5.95. The van der Waals surface area contributed by atoms with E-state index in [0.717, 1.165) is 32.1 Å². The van der Waals surface area contributed by atoms with Crippen LogP contribution in [0.4, 0.5) is 0 Å². The lowest BCUT2D eigenvalue weighted by molar-refractivity contribution is -0.124. The van der Waals surface area contributed by atoms with Gasteiger partial charge in [0.05, 0.1) is 11.3 Å². The van der Waals surface area contributed by atoms with Crippen LogP contribution in [0.3, 0.4) is 0 Å². The Morgan fingerprint density at radius 2 is 1.95 bits per heavy atom. The highest BCUT2D eigenvalue weighted by atomic mass is 16.2. The summed E-state index contributed by atoms with van der Waals surface area (Å²) in [6, 6.07) is 0. The fraction of sp³-hybridized carbons (Fsp3) is 0.625. The van der Waals surface area contributed by atoms with Crippen molar-refractivity contribution in [2.75, 3.05) is 0 Å². The molecule has 1 heterocycles. The number of aromatic nitrogens is 2. The van der Waals surface area contributed by atoms with E-state index in [4.69, 9.17) is 5.73 Å². The van der Waals surface area contributed by atoms with Crippen molar-refractivity contribution in [1.82, 2.24) is 15.3 Å². The highest BCUT2D eigenvalue weighted by molar-refractivity contribution is 5.99. The second-order valence-electron chi connectivity index (χ2n) is 5.95. The lowest BCUT2D eigenvalue weighted by Gasteiger charge is -2.30. The Balaban J connectivity index is 2.23. The Labute approximate surface area is 130 Å². The molecule has 1 fully saturated rings. The summed E-state index contributed by atoms with van der Waals surface area (Å²) in [6.45, 7) is 2.03. The van der Waals surface area contributed by atoms with Crippen molar-refractivity contribution in [1.29, 1.82) is 0 Å². The summed E-state index contributed by atoms with van der Waals surface area (Å²) in [5, 5.41) is 2.89. The molecule has 1 aliphatic rings. The van der Waals surface area contributed by atoms with Crippen LogP contribution < -0.4 is 11.1 Å². The van der Waals surface area contributed by atoms with Crippen molar-refractivity contribution >= 4 is 11.8 Å². The van der Waals surface area contributed by atoms with Gasteiger partial charge in [-0.1, -0.05) is 39.0 Å². The van der Waals surface area contributed by atoms with Crippen LogP contribution in [0, 0.1) is 0 Å². The van der Waals surface area contributed by atoms with Crippen LogP contribution in [0.2, 0.25) is 0 Å². The molecule has 1 saturated carbocycles. The van der Waals surface area contributed by atoms with Gasteiger partial charge in [-0.2, -0.15) is 0 Å². The number of primary amides is 1. The van der Waals surface area contributed by atoms with Crippen LogP contribution in [0.15, 0.2) is 12.5 Å². The molecule has 0 radical (unpaired) electrons. The number of aryl methyl sites for hydroxylation is 1. The summed E-state index contributed by atoms with van der Waals surface area (Å²) in [5.74, 6) is -0.749. The van der Waals surface area contributed by atoms with E-state index in [0.29, 0.717) is 30.5 Å². The molecular formula is C16H24N4O2. The normalized spacial score (nSPS) is 17.5. The van der Waals surface area contributed by atoms with Gasteiger partial charge in [0.15, 0.2) is 0 Å². The van der Waals surface area contributed by atoms with Gasteiger partial charge in [-0.15, -0.1) is 0 Å². The molecule has 120 valence electrons. The molecule has 22 heavy (non-hydrogen) atoms. The number of carbonyl (C=O) groups excluding carboxylic acids is 2. The van der Waals surface area contributed by atoms with Crippen LogP contribution in [0.5, 0.6) is 0 Å². The molecule has 2 amide bonds. The second kappa shape index (κ2) is 7.33. The molecule has 0 spiro atoms. The number of nitrogens with two attached hydrogens (primary N) is 1. The zero-order valence-corrected chi connectivity index (χ0v) is 13.1. The fourth-order valence-corrected chi connectivity index (χ4v) is 3.03. The third-order valence-electron chi connectivity index (χ3n) is 4.31. The first kappa shape index (κ1) is 16.4. The Hall–Kier alpha value is -1.98. The van der Waals surface area contributed by atoms with E-state index >= 15 is 0 Å². The average Bonchev–Trinajstić information content (AvgIpc) is 2.74. The number of hydrogen-bond donors (Lipinski definition) is 2. The van der Waals surface area contributed by atoms with Crippen LogP contribution in [0.1, 0.15) is 67.9 Å². The van der Waals surface area contributed by atoms with E-state index in [2.05, 4.69) is 15.3 Å².